The van der Waals surface area contributed by atoms with E-state index < -0.39 is 0 Å². The number of aromatic nitrogens is 1. The maximum Gasteiger partial charge on any atom is 0.166 e. The van der Waals surface area contributed by atoms with E-state index in [1.165, 1.54) is 5.56 Å². The topological polar surface area (TPSA) is 32.9 Å². The molecule has 2 rings (SSSR count). The highest BCUT2D eigenvalue weighted by Gasteiger charge is 1.98. The second-order valence-electron chi connectivity index (χ2n) is 3.22. The Kier molecular flexibility index (Phi) is 2.45. The normalized spacial score (nSPS) is 10.0. The number of hydrogen-bond donors (Lipinski definition) is 1. The summed E-state index contributed by atoms with van der Waals surface area (Å²) in [5, 5.41) is 0. The molecule has 0 atom stereocenters. The van der Waals surface area contributed by atoms with E-state index in [0.717, 1.165) is 18.4 Å². The number of hydrogen-bond acceptors (Lipinski definition) is 1. The van der Waals surface area contributed by atoms with Gasteiger partial charge in [0.05, 0.1) is 5.69 Å². The second kappa shape index (κ2) is 3.92. The number of carbonyl (C=O) groups is 1. The molecule has 70 valence electrons. The SMILES string of the molecule is O=Cc1ccc(Cc2ccccc2)[nH]1. The standard InChI is InChI=1S/C12H11NO/c14-9-12-7-6-11(13-12)8-10-4-2-1-3-5-10/h1-7,9,13H,8H2. The molecule has 2 heteroatoms. The van der Waals surface area contributed by atoms with Crippen molar-refractivity contribution in [1.82, 2.24) is 4.98 Å². The van der Waals surface area contributed by atoms with E-state index in [-0.39, 0.29) is 0 Å². The summed E-state index contributed by atoms with van der Waals surface area (Å²) in [6.45, 7) is 0. The molecule has 0 spiro atoms. The molecule has 2 aromatic rings. The van der Waals surface area contributed by atoms with Crippen molar-refractivity contribution < 1.29 is 4.79 Å². The summed E-state index contributed by atoms with van der Waals surface area (Å²) in [7, 11) is 0. The summed E-state index contributed by atoms with van der Waals surface area (Å²) < 4.78 is 0. The van der Waals surface area contributed by atoms with Crippen molar-refractivity contribution in [3.63, 3.8) is 0 Å². The van der Waals surface area contributed by atoms with E-state index in [2.05, 4.69) is 17.1 Å². The highest BCUT2D eigenvalue weighted by atomic mass is 16.1. The number of aromatic amines is 1. The van der Waals surface area contributed by atoms with Crippen LogP contribution in [0.5, 0.6) is 0 Å². The Morgan fingerprint density at radius 1 is 1.07 bits per heavy atom. The summed E-state index contributed by atoms with van der Waals surface area (Å²) in [6, 6.07) is 13.9. The van der Waals surface area contributed by atoms with Crippen LogP contribution in [0, 0.1) is 0 Å². The lowest BCUT2D eigenvalue weighted by Gasteiger charge is -1.97. The van der Waals surface area contributed by atoms with E-state index in [1.54, 1.807) is 6.07 Å². The molecule has 0 fully saturated rings. The van der Waals surface area contributed by atoms with Gasteiger partial charge >= 0.3 is 0 Å². The lowest BCUT2D eigenvalue weighted by molar-refractivity contribution is 0.111. The van der Waals surface area contributed by atoms with Crippen LogP contribution in [0.1, 0.15) is 21.7 Å². The molecule has 1 N–H and O–H groups in total. The Morgan fingerprint density at radius 3 is 2.50 bits per heavy atom. The first-order valence-corrected chi connectivity index (χ1v) is 4.55. The van der Waals surface area contributed by atoms with Crippen molar-refractivity contribution in [2.75, 3.05) is 0 Å². The van der Waals surface area contributed by atoms with Gasteiger partial charge in [0, 0.05) is 12.1 Å². The zero-order valence-electron chi connectivity index (χ0n) is 7.73. The summed E-state index contributed by atoms with van der Waals surface area (Å²) in [6.07, 6.45) is 1.67. The van der Waals surface area contributed by atoms with Gasteiger partial charge in [0.25, 0.3) is 0 Å². The van der Waals surface area contributed by atoms with Gasteiger partial charge < -0.3 is 4.98 Å². The minimum absolute atomic E-state index is 0.635. The second-order valence-corrected chi connectivity index (χ2v) is 3.22. The summed E-state index contributed by atoms with van der Waals surface area (Å²) in [5.41, 5.74) is 2.95. The van der Waals surface area contributed by atoms with E-state index in [9.17, 15) is 4.79 Å². The quantitative estimate of drug-likeness (QED) is 0.732. The Hall–Kier alpha value is -1.83. The van der Waals surface area contributed by atoms with Crippen molar-refractivity contribution in [2.24, 2.45) is 0 Å². The molecule has 0 aliphatic carbocycles. The number of H-pyrrole nitrogens is 1. The molecule has 0 aliphatic rings. The van der Waals surface area contributed by atoms with Gasteiger partial charge in [-0.2, -0.15) is 0 Å². The van der Waals surface area contributed by atoms with Crippen LogP contribution in [0.3, 0.4) is 0 Å². The van der Waals surface area contributed by atoms with Crippen molar-refractivity contribution in [3.05, 3.63) is 59.4 Å². The highest BCUT2D eigenvalue weighted by molar-refractivity contribution is 5.72. The molecule has 0 radical (unpaired) electrons. The van der Waals surface area contributed by atoms with Crippen LogP contribution in [0.2, 0.25) is 0 Å². The third kappa shape index (κ3) is 1.91. The minimum atomic E-state index is 0.635. The molecule has 0 amide bonds. The fraction of sp³-hybridized carbons (Fsp3) is 0.0833. The molecule has 0 unspecified atom stereocenters. The van der Waals surface area contributed by atoms with Gasteiger partial charge in [0.2, 0.25) is 0 Å². The number of aldehydes is 1. The van der Waals surface area contributed by atoms with Crippen LogP contribution in [0.15, 0.2) is 42.5 Å². The maximum atomic E-state index is 10.4. The third-order valence-corrected chi connectivity index (χ3v) is 2.13. The minimum Gasteiger partial charge on any atom is -0.356 e. The van der Waals surface area contributed by atoms with E-state index in [1.807, 2.05) is 24.3 Å². The average Bonchev–Trinajstić information content (AvgIpc) is 2.67. The Labute approximate surface area is 82.6 Å². The number of carbonyl (C=O) groups excluding carboxylic acids is 1. The van der Waals surface area contributed by atoms with Crippen LogP contribution < -0.4 is 0 Å². The molecular formula is C12H11NO. The van der Waals surface area contributed by atoms with E-state index in [0.29, 0.717) is 5.69 Å². The van der Waals surface area contributed by atoms with Crippen LogP contribution in [-0.2, 0) is 6.42 Å². The number of nitrogens with one attached hydrogen (secondary N) is 1. The fourth-order valence-corrected chi connectivity index (χ4v) is 1.45. The predicted octanol–water partition coefficient (Wildman–Crippen LogP) is 2.42. The fourth-order valence-electron chi connectivity index (χ4n) is 1.45. The summed E-state index contributed by atoms with van der Waals surface area (Å²) in [4.78, 5) is 13.5. The lowest BCUT2D eigenvalue weighted by atomic mass is 10.1. The van der Waals surface area contributed by atoms with Gasteiger partial charge in [-0.3, -0.25) is 4.79 Å². The van der Waals surface area contributed by atoms with Crippen LogP contribution in [0.4, 0.5) is 0 Å². The zero-order chi connectivity index (χ0) is 9.80. The van der Waals surface area contributed by atoms with Crippen molar-refractivity contribution in [1.29, 1.82) is 0 Å². The largest absolute Gasteiger partial charge is 0.356 e. The van der Waals surface area contributed by atoms with Gasteiger partial charge in [-0.15, -0.1) is 0 Å². The first-order chi connectivity index (χ1) is 6.88. The van der Waals surface area contributed by atoms with Gasteiger partial charge in [-0.1, -0.05) is 30.3 Å². The molecule has 1 heterocycles. The first-order valence-electron chi connectivity index (χ1n) is 4.55. The number of rotatable bonds is 3. The van der Waals surface area contributed by atoms with Crippen molar-refractivity contribution in [3.8, 4) is 0 Å². The monoisotopic (exact) mass is 185 g/mol. The molecule has 2 nitrogen and oxygen atoms in total. The molecule has 0 aliphatic heterocycles. The highest BCUT2D eigenvalue weighted by Crippen LogP contribution is 2.08. The van der Waals surface area contributed by atoms with Crippen molar-refractivity contribution in [2.45, 2.75) is 6.42 Å². The van der Waals surface area contributed by atoms with Gasteiger partial charge in [0.15, 0.2) is 6.29 Å². The lowest BCUT2D eigenvalue weighted by Crippen LogP contribution is -1.88. The van der Waals surface area contributed by atoms with Crippen LogP contribution >= 0.6 is 0 Å². The molecule has 0 saturated heterocycles. The molecule has 14 heavy (non-hydrogen) atoms. The Morgan fingerprint density at radius 2 is 1.86 bits per heavy atom. The van der Waals surface area contributed by atoms with E-state index in [4.69, 9.17) is 0 Å². The smallest absolute Gasteiger partial charge is 0.166 e. The van der Waals surface area contributed by atoms with Gasteiger partial charge in [0.1, 0.15) is 0 Å². The Bertz CT molecular complexity index is 417. The number of benzene rings is 1. The van der Waals surface area contributed by atoms with Crippen molar-refractivity contribution >= 4 is 6.29 Å². The summed E-state index contributed by atoms with van der Waals surface area (Å²) >= 11 is 0. The van der Waals surface area contributed by atoms with Gasteiger partial charge in [-0.25, -0.2) is 0 Å². The molecule has 1 aromatic carbocycles. The molecule has 1 aromatic heterocycles. The predicted molar refractivity (Wildman–Crippen MR) is 55.4 cm³/mol. The molecule has 0 bridgehead atoms. The van der Waals surface area contributed by atoms with E-state index >= 15 is 0 Å². The van der Waals surface area contributed by atoms with Gasteiger partial charge in [-0.05, 0) is 17.7 Å². The van der Waals surface area contributed by atoms with Crippen LogP contribution in [-0.4, -0.2) is 11.3 Å². The Balaban J connectivity index is 2.15. The maximum absolute atomic E-state index is 10.4. The molecular weight excluding hydrogens is 174 g/mol. The average molecular weight is 185 g/mol. The first kappa shape index (κ1) is 8.75. The molecule has 0 saturated carbocycles. The third-order valence-electron chi connectivity index (χ3n) is 2.13. The summed E-state index contributed by atoms with van der Waals surface area (Å²) in [5.74, 6) is 0. The van der Waals surface area contributed by atoms with Crippen LogP contribution in [0.25, 0.3) is 0 Å². The zero-order valence-corrected chi connectivity index (χ0v) is 7.73.